The van der Waals surface area contributed by atoms with Crippen LogP contribution in [0, 0.1) is 5.92 Å². The lowest BCUT2D eigenvalue weighted by Gasteiger charge is -2.08. The van der Waals surface area contributed by atoms with Crippen LogP contribution in [0.15, 0.2) is 36.7 Å². The van der Waals surface area contributed by atoms with Gasteiger partial charge in [-0.15, -0.1) is 0 Å². The van der Waals surface area contributed by atoms with Crippen LogP contribution < -0.4 is 4.74 Å². The van der Waals surface area contributed by atoms with Crippen LogP contribution in [0.5, 0.6) is 5.75 Å². The number of fused-ring (bicyclic) bond motifs is 2. The third-order valence-corrected chi connectivity index (χ3v) is 5.41. The highest BCUT2D eigenvalue weighted by atomic mass is 16.5. The maximum absolute atomic E-state index is 12.3. The van der Waals surface area contributed by atoms with Crippen molar-refractivity contribution in [2.75, 3.05) is 7.11 Å². The highest BCUT2D eigenvalue weighted by Crippen LogP contribution is 2.38. The molecule has 0 amide bonds. The van der Waals surface area contributed by atoms with E-state index in [0.29, 0.717) is 11.6 Å². The molecule has 0 unspecified atom stereocenters. The fourth-order valence-corrected chi connectivity index (χ4v) is 3.82. The van der Waals surface area contributed by atoms with Gasteiger partial charge in [-0.2, -0.15) is 5.10 Å². The average Bonchev–Trinajstić information content (AvgIpc) is 3.35. The molecule has 30 heavy (non-hydrogen) atoms. The summed E-state index contributed by atoms with van der Waals surface area (Å²) < 4.78 is 8.59. The predicted octanol–water partition coefficient (Wildman–Crippen LogP) is 3.17. The van der Waals surface area contributed by atoms with Gasteiger partial charge in [0.05, 0.1) is 18.4 Å². The molecular formula is C21H18N4O5. The number of ether oxygens (including phenoxy) is 1. The zero-order chi connectivity index (χ0) is 21.0. The second-order valence-electron chi connectivity index (χ2n) is 7.42. The van der Waals surface area contributed by atoms with Crippen LogP contribution in [0.2, 0.25) is 0 Å². The fraction of sp³-hybridized carbons (Fsp3) is 0.238. The van der Waals surface area contributed by atoms with E-state index in [9.17, 15) is 19.8 Å². The van der Waals surface area contributed by atoms with Crippen molar-refractivity contribution in [3.05, 3.63) is 47.8 Å². The summed E-state index contributed by atoms with van der Waals surface area (Å²) in [7, 11) is 1.37. The number of carboxylic acids is 2. The summed E-state index contributed by atoms with van der Waals surface area (Å²) in [6, 6.07) is 6.94. The third kappa shape index (κ3) is 2.78. The van der Waals surface area contributed by atoms with Crippen molar-refractivity contribution in [3.8, 4) is 17.1 Å². The first-order valence-electron chi connectivity index (χ1n) is 9.49. The molecule has 152 valence electrons. The number of rotatable bonds is 6. The van der Waals surface area contributed by atoms with Gasteiger partial charge in [0.2, 0.25) is 0 Å². The number of aromatic nitrogens is 4. The van der Waals surface area contributed by atoms with Crippen LogP contribution >= 0.6 is 0 Å². The largest absolute Gasteiger partial charge is 0.494 e. The Kier molecular flexibility index (Phi) is 3.99. The molecular weight excluding hydrogens is 388 g/mol. The number of aromatic carboxylic acids is 2. The van der Waals surface area contributed by atoms with Crippen molar-refractivity contribution in [3.63, 3.8) is 0 Å². The highest BCUT2D eigenvalue weighted by molar-refractivity contribution is 6.05. The quantitative estimate of drug-likeness (QED) is 0.505. The van der Waals surface area contributed by atoms with E-state index in [-0.39, 0.29) is 28.1 Å². The first-order chi connectivity index (χ1) is 14.5. The van der Waals surface area contributed by atoms with E-state index in [2.05, 4.69) is 10.1 Å². The number of hydrogen-bond acceptors (Lipinski definition) is 5. The lowest BCUT2D eigenvalue weighted by Crippen LogP contribution is -2.06. The number of methoxy groups -OCH3 is 1. The molecule has 1 aliphatic rings. The summed E-state index contributed by atoms with van der Waals surface area (Å²) in [4.78, 5) is 28.2. The molecule has 0 spiro atoms. The summed E-state index contributed by atoms with van der Waals surface area (Å²) in [5, 5.41) is 24.8. The molecule has 4 aromatic heterocycles. The molecule has 9 heteroatoms. The number of carbonyl (C=O) groups is 2. The highest BCUT2D eigenvalue weighted by Gasteiger charge is 2.29. The van der Waals surface area contributed by atoms with E-state index < -0.39 is 11.9 Å². The fourth-order valence-electron chi connectivity index (χ4n) is 3.82. The van der Waals surface area contributed by atoms with Crippen LogP contribution in [0.3, 0.4) is 0 Å². The molecule has 0 aliphatic heterocycles. The minimum Gasteiger partial charge on any atom is -0.494 e. The summed E-state index contributed by atoms with van der Waals surface area (Å²) in [5.74, 6) is -1.66. The monoisotopic (exact) mass is 406 g/mol. The Morgan fingerprint density at radius 3 is 2.70 bits per heavy atom. The van der Waals surface area contributed by atoms with Gasteiger partial charge in [0.1, 0.15) is 28.2 Å². The topological polar surface area (TPSA) is 119 Å². The Balaban J connectivity index is 1.84. The molecule has 0 aromatic carbocycles. The van der Waals surface area contributed by atoms with Crippen molar-refractivity contribution < 1.29 is 24.5 Å². The smallest absolute Gasteiger partial charge is 0.340 e. The lowest BCUT2D eigenvalue weighted by atomic mass is 10.1. The van der Waals surface area contributed by atoms with E-state index in [4.69, 9.17) is 4.74 Å². The number of nitrogens with zero attached hydrogens (tertiary/aromatic N) is 4. The molecule has 1 saturated carbocycles. The predicted molar refractivity (Wildman–Crippen MR) is 107 cm³/mol. The molecule has 5 rings (SSSR count). The van der Waals surface area contributed by atoms with Gasteiger partial charge in [-0.25, -0.2) is 19.1 Å². The average molecular weight is 406 g/mol. The Hall–Kier alpha value is -3.88. The SMILES string of the molecule is COc1cc(C(=O)O)cn2nc(-c3cc4cccnc4n3CC3CC3)c(C(=O)O)c12. The molecule has 0 bridgehead atoms. The first kappa shape index (κ1) is 18.2. The van der Waals surface area contributed by atoms with Gasteiger partial charge in [0.15, 0.2) is 0 Å². The Morgan fingerprint density at radius 1 is 1.23 bits per heavy atom. The van der Waals surface area contributed by atoms with Crippen molar-refractivity contribution in [2.24, 2.45) is 5.92 Å². The summed E-state index contributed by atoms with van der Waals surface area (Å²) in [6.07, 6.45) is 5.25. The molecule has 0 radical (unpaired) electrons. The van der Waals surface area contributed by atoms with Crippen molar-refractivity contribution >= 4 is 28.5 Å². The van der Waals surface area contributed by atoms with E-state index in [0.717, 1.165) is 30.4 Å². The van der Waals surface area contributed by atoms with Crippen LogP contribution in [0.1, 0.15) is 33.6 Å². The maximum atomic E-state index is 12.3. The minimum atomic E-state index is -1.17. The van der Waals surface area contributed by atoms with Gasteiger partial charge < -0.3 is 19.5 Å². The van der Waals surface area contributed by atoms with Gasteiger partial charge in [-0.3, -0.25) is 0 Å². The molecule has 2 N–H and O–H groups in total. The van der Waals surface area contributed by atoms with Crippen LogP contribution in [-0.2, 0) is 6.54 Å². The van der Waals surface area contributed by atoms with E-state index in [1.807, 2.05) is 22.8 Å². The summed E-state index contributed by atoms with van der Waals surface area (Å²) in [6.45, 7) is 0.723. The zero-order valence-corrected chi connectivity index (χ0v) is 16.1. The number of pyridine rings is 2. The molecule has 4 aromatic rings. The van der Waals surface area contributed by atoms with Crippen molar-refractivity contribution in [1.82, 2.24) is 19.2 Å². The van der Waals surface area contributed by atoms with Gasteiger partial charge in [0, 0.05) is 24.3 Å². The van der Waals surface area contributed by atoms with Crippen LogP contribution in [0.25, 0.3) is 27.9 Å². The normalized spacial score (nSPS) is 13.8. The second-order valence-corrected chi connectivity index (χ2v) is 7.42. The molecule has 4 heterocycles. The molecule has 0 atom stereocenters. The standard InChI is InChI=1S/C21H18N4O5/c1-30-15-8-13(20(26)27)10-25-18(15)16(21(28)29)17(23-25)14-7-12-3-2-6-22-19(12)24(14)9-11-4-5-11/h2-3,6-8,10-11H,4-5,9H2,1H3,(H,26,27)(H,28,29). The van der Waals surface area contributed by atoms with Gasteiger partial charge in [-0.05, 0) is 43.0 Å². The lowest BCUT2D eigenvalue weighted by molar-refractivity contribution is 0.0688. The van der Waals surface area contributed by atoms with E-state index >= 15 is 0 Å². The third-order valence-electron chi connectivity index (χ3n) is 5.41. The molecule has 1 aliphatic carbocycles. The number of carboxylic acid groups (broad SMARTS) is 2. The van der Waals surface area contributed by atoms with Crippen molar-refractivity contribution in [1.29, 1.82) is 0 Å². The molecule has 0 saturated heterocycles. The first-order valence-corrected chi connectivity index (χ1v) is 9.49. The minimum absolute atomic E-state index is 0.0383. The van der Waals surface area contributed by atoms with E-state index in [1.165, 1.54) is 23.9 Å². The van der Waals surface area contributed by atoms with Gasteiger partial charge >= 0.3 is 11.9 Å². The van der Waals surface area contributed by atoms with Crippen LogP contribution in [-0.4, -0.2) is 48.4 Å². The molecule has 1 fully saturated rings. The number of hydrogen-bond donors (Lipinski definition) is 2. The zero-order valence-electron chi connectivity index (χ0n) is 16.1. The Labute approximate surface area is 170 Å². The van der Waals surface area contributed by atoms with Crippen LogP contribution in [0.4, 0.5) is 0 Å². The van der Waals surface area contributed by atoms with E-state index in [1.54, 1.807) is 6.20 Å². The summed E-state index contributed by atoms with van der Waals surface area (Å²) in [5.41, 5.74) is 1.78. The summed E-state index contributed by atoms with van der Waals surface area (Å²) >= 11 is 0. The van der Waals surface area contributed by atoms with Gasteiger partial charge in [0.25, 0.3) is 0 Å². The Bertz CT molecular complexity index is 1330. The second kappa shape index (κ2) is 6.58. The van der Waals surface area contributed by atoms with Gasteiger partial charge in [-0.1, -0.05) is 0 Å². The molecule has 9 nitrogen and oxygen atoms in total. The maximum Gasteiger partial charge on any atom is 0.340 e. The van der Waals surface area contributed by atoms with Crippen molar-refractivity contribution in [2.45, 2.75) is 19.4 Å². The Morgan fingerprint density at radius 2 is 2.03 bits per heavy atom.